The van der Waals surface area contributed by atoms with Crippen LogP contribution in [-0.4, -0.2) is 6.04 Å². The summed E-state index contributed by atoms with van der Waals surface area (Å²) in [5.74, 6) is 0. The van der Waals surface area contributed by atoms with E-state index in [0.717, 1.165) is 0 Å². The van der Waals surface area contributed by atoms with Crippen molar-refractivity contribution in [2.24, 2.45) is 5.41 Å². The minimum absolute atomic E-state index is 0.0163. The van der Waals surface area contributed by atoms with E-state index in [4.69, 9.17) is 5.26 Å². The molecule has 0 aromatic heterocycles. The van der Waals surface area contributed by atoms with Gasteiger partial charge >= 0.3 is 0 Å². The smallest absolute Gasteiger partial charge is 0.253 e. The maximum atomic E-state index is 11.8. The van der Waals surface area contributed by atoms with Gasteiger partial charge in [-0.25, -0.2) is 0 Å². The quantitative estimate of drug-likeness (QED) is 0.848. The molecule has 5 heteroatoms. The predicted octanol–water partition coefficient (Wildman–Crippen LogP) is 2.74. The molecule has 0 radical (unpaired) electrons. The first kappa shape index (κ1) is 15.8. The molecule has 0 bridgehead atoms. The largest absolute Gasteiger partial charge is 0.377 e. The van der Waals surface area contributed by atoms with E-state index in [-0.39, 0.29) is 17.1 Å². The maximum Gasteiger partial charge on any atom is 0.253 e. The van der Waals surface area contributed by atoms with E-state index in [9.17, 15) is 9.59 Å². The molecule has 2 aromatic carbocycles. The number of para-hydroxylation sites is 1. The van der Waals surface area contributed by atoms with Gasteiger partial charge in [-0.15, -0.1) is 0 Å². The number of nitrogens with zero attached hydrogens (tertiary/aromatic N) is 1. The number of anilines is 3. The summed E-state index contributed by atoms with van der Waals surface area (Å²) in [7, 11) is 0. The molecule has 22 heavy (non-hydrogen) atoms. The van der Waals surface area contributed by atoms with Crippen molar-refractivity contribution in [1.82, 2.24) is 0 Å². The van der Waals surface area contributed by atoms with Crippen LogP contribution >= 0.6 is 0 Å². The molecule has 2 aromatic rings. The molecule has 2 N–H and O–H groups in total. The highest BCUT2D eigenvalue weighted by Crippen LogP contribution is 2.27. The highest BCUT2D eigenvalue weighted by molar-refractivity contribution is 5.80. The summed E-state index contributed by atoms with van der Waals surface area (Å²) in [6.07, 6.45) is 0. The molecule has 5 nitrogen and oxygen atoms in total. The number of nitriles is 1. The fourth-order valence-corrected chi connectivity index (χ4v) is 1.91. The van der Waals surface area contributed by atoms with Gasteiger partial charge in [0.2, 0.25) is 0 Å². The van der Waals surface area contributed by atoms with Gasteiger partial charge in [0, 0.05) is 6.04 Å². The molecular weight excluding hydrogens is 278 g/mol. The Kier molecular flexibility index (Phi) is 4.05. The van der Waals surface area contributed by atoms with Crippen molar-refractivity contribution >= 4 is 17.1 Å². The number of nitrogens with one attached hydrogen (secondary N) is 2. The molecule has 0 aliphatic carbocycles. The number of benzene rings is 1. The Morgan fingerprint density at radius 1 is 1.09 bits per heavy atom. The molecule has 1 unspecified atom stereocenters. The molecule has 0 fully saturated rings. The third kappa shape index (κ3) is 2.86. The van der Waals surface area contributed by atoms with E-state index in [1.165, 1.54) is 0 Å². The molecule has 114 valence electrons. The van der Waals surface area contributed by atoms with Crippen LogP contribution < -0.4 is 21.5 Å². The fourth-order valence-electron chi connectivity index (χ4n) is 1.91. The van der Waals surface area contributed by atoms with Crippen LogP contribution in [0.25, 0.3) is 0 Å². The summed E-state index contributed by atoms with van der Waals surface area (Å²) in [6, 6.07) is 8.93. The Morgan fingerprint density at radius 2 is 1.68 bits per heavy atom. The Balaban J connectivity index is 2.31. The summed E-state index contributed by atoms with van der Waals surface area (Å²) in [5, 5.41) is 15.1. The van der Waals surface area contributed by atoms with Gasteiger partial charge in [-0.1, -0.05) is 32.9 Å². The first-order valence-corrected chi connectivity index (χ1v) is 7.11. The Labute approximate surface area is 129 Å². The first-order valence-electron chi connectivity index (χ1n) is 7.11. The standard InChI is InChI=1S/C17H19N3O2/c1-10(17(2,3)4)19-13-14(16(22)15(13)21)20-12-8-6-5-7-11(12)9-18/h5-8,10,19-20H,1-4H3. The van der Waals surface area contributed by atoms with Crippen molar-refractivity contribution in [2.45, 2.75) is 33.7 Å². The second kappa shape index (κ2) is 5.64. The van der Waals surface area contributed by atoms with Gasteiger partial charge in [-0.3, -0.25) is 9.59 Å². The van der Waals surface area contributed by atoms with Gasteiger partial charge < -0.3 is 10.6 Å². The second-order valence-electron chi connectivity index (χ2n) is 6.42. The SMILES string of the molecule is CC(Nc1c(Nc2ccccc2C#N)c(=O)c1=O)C(C)(C)C. The van der Waals surface area contributed by atoms with E-state index < -0.39 is 10.9 Å². The first-order chi connectivity index (χ1) is 10.3. The average Bonchev–Trinajstić information content (AvgIpc) is 2.49. The van der Waals surface area contributed by atoms with Crippen LogP contribution in [0.5, 0.6) is 0 Å². The summed E-state index contributed by atoms with van der Waals surface area (Å²) in [5.41, 5.74) is 0.323. The highest BCUT2D eigenvalue weighted by atomic mass is 16.2. The van der Waals surface area contributed by atoms with E-state index in [1.807, 2.05) is 27.7 Å². The summed E-state index contributed by atoms with van der Waals surface area (Å²) in [6.45, 7) is 8.11. The van der Waals surface area contributed by atoms with Crippen LogP contribution in [0.1, 0.15) is 33.3 Å². The van der Waals surface area contributed by atoms with E-state index in [2.05, 4.69) is 16.7 Å². The van der Waals surface area contributed by atoms with Gasteiger partial charge in [-0.2, -0.15) is 5.26 Å². The van der Waals surface area contributed by atoms with Crippen LogP contribution in [0, 0.1) is 16.7 Å². The van der Waals surface area contributed by atoms with Crippen molar-refractivity contribution in [1.29, 1.82) is 5.26 Å². The lowest BCUT2D eigenvalue weighted by Crippen LogP contribution is -2.41. The van der Waals surface area contributed by atoms with Crippen molar-refractivity contribution in [3.8, 4) is 6.07 Å². The molecule has 0 saturated carbocycles. The predicted molar refractivity (Wildman–Crippen MR) is 88.3 cm³/mol. The van der Waals surface area contributed by atoms with Crippen LogP contribution in [0.2, 0.25) is 0 Å². The summed E-state index contributed by atoms with van der Waals surface area (Å²) >= 11 is 0. The Bertz CT molecular complexity index is 803. The van der Waals surface area contributed by atoms with Crippen molar-refractivity contribution in [3.63, 3.8) is 0 Å². The van der Waals surface area contributed by atoms with Gasteiger partial charge in [-0.05, 0) is 24.5 Å². The molecule has 0 heterocycles. The Hall–Kier alpha value is -2.61. The molecule has 0 spiro atoms. The Morgan fingerprint density at radius 3 is 2.27 bits per heavy atom. The fraction of sp³-hybridized carbons (Fsp3) is 0.353. The molecule has 0 amide bonds. The summed E-state index contributed by atoms with van der Waals surface area (Å²) in [4.78, 5) is 23.6. The molecule has 0 aliphatic rings. The molecule has 0 aliphatic heterocycles. The normalized spacial score (nSPS) is 12.7. The van der Waals surface area contributed by atoms with E-state index >= 15 is 0 Å². The third-order valence-corrected chi connectivity index (χ3v) is 3.88. The van der Waals surface area contributed by atoms with Gasteiger partial charge in [0.15, 0.2) is 0 Å². The van der Waals surface area contributed by atoms with Gasteiger partial charge in [0.1, 0.15) is 17.4 Å². The third-order valence-electron chi connectivity index (χ3n) is 3.88. The van der Waals surface area contributed by atoms with Gasteiger partial charge in [0.25, 0.3) is 10.9 Å². The zero-order chi connectivity index (χ0) is 16.5. The number of hydrogen-bond donors (Lipinski definition) is 2. The van der Waals surface area contributed by atoms with Crippen molar-refractivity contribution in [2.75, 3.05) is 10.6 Å². The van der Waals surface area contributed by atoms with E-state index in [1.54, 1.807) is 24.3 Å². The maximum absolute atomic E-state index is 11.8. The minimum atomic E-state index is -0.559. The number of rotatable bonds is 4. The molecule has 1 atom stereocenters. The second-order valence-corrected chi connectivity index (χ2v) is 6.42. The zero-order valence-electron chi connectivity index (χ0n) is 13.2. The van der Waals surface area contributed by atoms with Crippen LogP contribution in [-0.2, 0) is 0 Å². The topological polar surface area (TPSA) is 82.0 Å². The van der Waals surface area contributed by atoms with Crippen LogP contribution in [0.15, 0.2) is 33.9 Å². The lowest BCUT2D eigenvalue weighted by molar-refractivity contribution is 0.359. The van der Waals surface area contributed by atoms with Crippen molar-refractivity contribution < 1.29 is 0 Å². The average molecular weight is 297 g/mol. The minimum Gasteiger partial charge on any atom is -0.377 e. The molecular formula is C17H19N3O2. The number of hydrogen-bond acceptors (Lipinski definition) is 5. The lowest BCUT2D eigenvalue weighted by atomic mass is 9.87. The van der Waals surface area contributed by atoms with E-state index in [0.29, 0.717) is 16.9 Å². The monoisotopic (exact) mass is 297 g/mol. The molecule has 2 rings (SSSR count). The highest BCUT2D eigenvalue weighted by Gasteiger charge is 2.27. The molecule has 0 saturated heterocycles. The lowest BCUT2D eigenvalue weighted by Gasteiger charge is -2.30. The zero-order valence-corrected chi connectivity index (χ0v) is 13.2. The van der Waals surface area contributed by atoms with Crippen molar-refractivity contribution in [3.05, 3.63) is 50.3 Å². The summed E-state index contributed by atoms with van der Waals surface area (Å²) < 4.78 is 0. The van der Waals surface area contributed by atoms with Gasteiger partial charge in [0.05, 0.1) is 11.3 Å². The van der Waals surface area contributed by atoms with Crippen LogP contribution in [0.4, 0.5) is 17.1 Å². The van der Waals surface area contributed by atoms with Crippen LogP contribution in [0.3, 0.4) is 0 Å².